The van der Waals surface area contributed by atoms with Crippen molar-refractivity contribution >= 4 is 29.7 Å². The van der Waals surface area contributed by atoms with Crippen molar-refractivity contribution in [3.05, 3.63) is 0 Å². The van der Waals surface area contributed by atoms with Crippen LogP contribution in [0.15, 0.2) is 0 Å². The fourth-order valence-corrected chi connectivity index (χ4v) is 2.58. The summed E-state index contributed by atoms with van der Waals surface area (Å²) < 4.78 is 0. The van der Waals surface area contributed by atoms with Gasteiger partial charge < -0.3 is 31.9 Å². The summed E-state index contributed by atoms with van der Waals surface area (Å²) in [7, 11) is 0. The Morgan fingerprint density at radius 1 is 0.867 bits per heavy atom. The van der Waals surface area contributed by atoms with Crippen molar-refractivity contribution < 1.29 is 34.2 Å². The molecular weight excluding hydrogens is 396 g/mol. The number of aliphatic carboxylic acids is 2. The Labute approximate surface area is 176 Å². The quantitative estimate of drug-likeness (QED) is 0.211. The van der Waals surface area contributed by atoms with Gasteiger partial charge in [0.25, 0.3) is 0 Å². The van der Waals surface area contributed by atoms with Crippen molar-refractivity contribution in [2.24, 2.45) is 17.6 Å². The van der Waals surface area contributed by atoms with Crippen molar-refractivity contribution in [2.45, 2.75) is 71.5 Å². The number of carbonyl (C=O) groups is 5. The number of carbonyl (C=O) groups excluding carboxylic acids is 3. The maximum absolute atomic E-state index is 12.7. The van der Waals surface area contributed by atoms with Crippen LogP contribution in [0.2, 0.25) is 0 Å². The van der Waals surface area contributed by atoms with Crippen LogP contribution in [0.5, 0.6) is 0 Å². The molecule has 0 aromatic rings. The molecule has 0 aromatic heterocycles. The molecular formula is C19H34N4O7. The molecule has 0 aliphatic rings. The Hall–Kier alpha value is -2.69. The Balaban J connectivity index is 5.35. The van der Waals surface area contributed by atoms with Gasteiger partial charge in [0.05, 0.1) is 6.04 Å². The van der Waals surface area contributed by atoms with Gasteiger partial charge in [-0.25, -0.2) is 0 Å². The molecule has 4 unspecified atom stereocenters. The van der Waals surface area contributed by atoms with Crippen LogP contribution >= 0.6 is 0 Å². The lowest BCUT2D eigenvalue weighted by molar-refractivity contribution is -0.138. The standard InChI is InChI=1S/C19H34N4O7/c1-5-11(4)16(20)19(30)22-12(6-7-14(24)25)18(29)23-13(8-10(2)3)17(28)21-9-15(26)27/h10-13,16H,5-9,20H2,1-4H3,(H,21,28)(H,22,30)(H,23,29)(H,24,25)(H,26,27). The maximum Gasteiger partial charge on any atom is 0.322 e. The number of carboxylic acid groups (broad SMARTS) is 2. The third-order valence-corrected chi connectivity index (χ3v) is 4.59. The average molecular weight is 431 g/mol. The van der Waals surface area contributed by atoms with E-state index < -0.39 is 54.3 Å². The van der Waals surface area contributed by atoms with E-state index in [1.165, 1.54) is 0 Å². The van der Waals surface area contributed by atoms with Crippen LogP contribution in [0.3, 0.4) is 0 Å². The van der Waals surface area contributed by atoms with Crippen LogP contribution in [-0.2, 0) is 24.0 Å². The molecule has 11 nitrogen and oxygen atoms in total. The van der Waals surface area contributed by atoms with Gasteiger partial charge in [-0.1, -0.05) is 34.1 Å². The highest BCUT2D eigenvalue weighted by Gasteiger charge is 2.30. The number of carboxylic acids is 2. The summed E-state index contributed by atoms with van der Waals surface area (Å²) >= 11 is 0. The van der Waals surface area contributed by atoms with E-state index in [0.29, 0.717) is 6.42 Å². The van der Waals surface area contributed by atoms with Crippen LogP contribution in [0, 0.1) is 11.8 Å². The summed E-state index contributed by atoms with van der Waals surface area (Å²) in [5, 5.41) is 24.8. The molecule has 0 fully saturated rings. The zero-order chi connectivity index (χ0) is 23.4. The lowest BCUT2D eigenvalue weighted by atomic mass is 9.98. The molecule has 0 saturated carbocycles. The van der Waals surface area contributed by atoms with E-state index >= 15 is 0 Å². The number of hydrogen-bond donors (Lipinski definition) is 6. The Kier molecular flexibility index (Phi) is 12.3. The highest BCUT2D eigenvalue weighted by Crippen LogP contribution is 2.09. The predicted octanol–water partition coefficient (Wildman–Crippen LogP) is -0.559. The van der Waals surface area contributed by atoms with Gasteiger partial charge in [-0.3, -0.25) is 24.0 Å². The van der Waals surface area contributed by atoms with Gasteiger partial charge >= 0.3 is 11.9 Å². The summed E-state index contributed by atoms with van der Waals surface area (Å²) in [6, 6.07) is -3.12. The van der Waals surface area contributed by atoms with Crippen molar-refractivity contribution in [3.63, 3.8) is 0 Å². The molecule has 172 valence electrons. The third-order valence-electron chi connectivity index (χ3n) is 4.59. The molecule has 0 radical (unpaired) electrons. The molecule has 0 bridgehead atoms. The number of nitrogens with two attached hydrogens (primary N) is 1. The van der Waals surface area contributed by atoms with Gasteiger partial charge in [0.2, 0.25) is 17.7 Å². The van der Waals surface area contributed by atoms with E-state index in [4.69, 9.17) is 15.9 Å². The summed E-state index contributed by atoms with van der Waals surface area (Å²) in [5.74, 6) is -4.54. The van der Waals surface area contributed by atoms with Crippen molar-refractivity contribution in [3.8, 4) is 0 Å². The van der Waals surface area contributed by atoms with Gasteiger partial charge in [-0.05, 0) is 24.7 Å². The van der Waals surface area contributed by atoms with E-state index in [2.05, 4.69) is 16.0 Å². The molecule has 4 atom stereocenters. The molecule has 0 heterocycles. The molecule has 0 aliphatic heterocycles. The van der Waals surface area contributed by atoms with Crippen LogP contribution in [0.25, 0.3) is 0 Å². The van der Waals surface area contributed by atoms with Gasteiger partial charge in [0, 0.05) is 6.42 Å². The third kappa shape index (κ3) is 10.7. The van der Waals surface area contributed by atoms with Gasteiger partial charge in [0.15, 0.2) is 0 Å². The molecule has 30 heavy (non-hydrogen) atoms. The smallest absolute Gasteiger partial charge is 0.322 e. The molecule has 11 heteroatoms. The first-order valence-electron chi connectivity index (χ1n) is 9.96. The Morgan fingerprint density at radius 2 is 1.43 bits per heavy atom. The summed E-state index contributed by atoms with van der Waals surface area (Å²) in [6.45, 7) is 6.67. The Bertz CT molecular complexity index is 624. The highest BCUT2D eigenvalue weighted by atomic mass is 16.4. The molecule has 0 aliphatic carbocycles. The summed E-state index contributed by atoms with van der Waals surface area (Å²) in [5.41, 5.74) is 5.88. The number of nitrogens with one attached hydrogen (secondary N) is 3. The van der Waals surface area contributed by atoms with Gasteiger partial charge in [-0.15, -0.1) is 0 Å². The van der Waals surface area contributed by atoms with Crippen LogP contribution in [-0.4, -0.2) is 64.5 Å². The lowest BCUT2D eigenvalue weighted by Crippen LogP contribution is -2.57. The first kappa shape index (κ1) is 27.3. The lowest BCUT2D eigenvalue weighted by Gasteiger charge is -2.25. The molecule has 7 N–H and O–H groups in total. The normalized spacial score (nSPS) is 14.9. The largest absolute Gasteiger partial charge is 0.481 e. The van der Waals surface area contributed by atoms with E-state index in [0.717, 1.165) is 0 Å². The van der Waals surface area contributed by atoms with Crippen molar-refractivity contribution in [1.82, 2.24) is 16.0 Å². The summed E-state index contributed by atoms with van der Waals surface area (Å²) in [4.78, 5) is 59.0. The monoisotopic (exact) mass is 430 g/mol. The summed E-state index contributed by atoms with van der Waals surface area (Å²) in [6.07, 6.45) is 0.298. The zero-order valence-electron chi connectivity index (χ0n) is 17.9. The highest BCUT2D eigenvalue weighted by molar-refractivity contribution is 5.93. The molecule has 0 spiro atoms. The van der Waals surface area contributed by atoms with Crippen LogP contribution in [0.1, 0.15) is 53.4 Å². The number of rotatable bonds is 14. The SMILES string of the molecule is CCC(C)C(N)C(=O)NC(CCC(=O)O)C(=O)NC(CC(C)C)C(=O)NCC(=O)O. The topological polar surface area (TPSA) is 188 Å². The second kappa shape index (κ2) is 13.5. The van der Waals surface area contributed by atoms with Gasteiger partial charge in [-0.2, -0.15) is 0 Å². The van der Waals surface area contributed by atoms with E-state index in [-0.39, 0.29) is 31.1 Å². The predicted molar refractivity (Wildman–Crippen MR) is 108 cm³/mol. The average Bonchev–Trinajstić information content (AvgIpc) is 2.66. The number of hydrogen-bond acceptors (Lipinski definition) is 6. The van der Waals surface area contributed by atoms with E-state index in [1.54, 1.807) is 6.92 Å². The molecule has 0 rings (SSSR count). The van der Waals surface area contributed by atoms with Crippen LogP contribution in [0.4, 0.5) is 0 Å². The second-order valence-corrected chi connectivity index (χ2v) is 7.71. The van der Waals surface area contributed by atoms with E-state index in [9.17, 15) is 24.0 Å². The van der Waals surface area contributed by atoms with Crippen molar-refractivity contribution in [2.75, 3.05) is 6.54 Å². The maximum atomic E-state index is 12.7. The first-order valence-corrected chi connectivity index (χ1v) is 9.96. The number of amides is 3. The minimum atomic E-state index is -1.23. The zero-order valence-corrected chi connectivity index (χ0v) is 17.9. The fraction of sp³-hybridized carbons (Fsp3) is 0.737. The van der Waals surface area contributed by atoms with Crippen LogP contribution < -0.4 is 21.7 Å². The Morgan fingerprint density at radius 3 is 1.90 bits per heavy atom. The molecule has 0 saturated heterocycles. The fourth-order valence-electron chi connectivity index (χ4n) is 2.58. The molecule has 3 amide bonds. The minimum Gasteiger partial charge on any atom is -0.481 e. The first-order chi connectivity index (χ1) is 13.9. The van der Waals surface area contributed by atoms with E-state index in [1.807, 2.05) is 20.8 Å². The minimum absolute atomic E-state index is 0.00300. The van der Waals surface area contributed by atoms with Crippen molar-refractivity contribution in [1.29, 1.82) is 0 Å². The van der Waals surface area contributed by atoms with Gasteiger partial charge in [0.1, 0.15) is 18.6 Å². The molecule has 0 aromatic carbocycles. The second-order valence-electron chi connectivity index (χ2n) is 7.71.